The van der Waals surface area contributed by atoms with Crippen LogP contribution >= 0.6 is 11.6 Å². The first-order valence-electron chi connectivity index (χ1n) is 7.40. The van der Waals surface area contributed by atoms with Gasteiger partial charge in [0.2, 0.25) is 0 Å². The van der Waals surface area contributed by atoms with Gasteiger partial charge < -0.3 is 4.98 Å². The van der Waals surface area contributed by atoms with Gasteiger partial charge in [0, 0.05) is 29.1 Å². The Morgan fingerprint density at radius 1 is 0.958 bits per heavy atom. The summed E-state index contributed by atoms with van der Waals surface area (Å²) >= 11 is 6.19. The molecule has 2 heterocycles. The number of hydrogen-bond acceptors (Lipinski definition) is 3. The lowest BCUT2D eigenvalue weighted by atomic mass is 10.0. The van der Waals surface area contributed by atoms with Crippen LogP contribution in [0.25, 0.3) is 33.5 Å². The van der Waals surface area contributed by atoms with E-state index in [1.165, 1.54) is 0 Å². The molecule has 0 spiro atoms. The minimum atomic E-state index is 0.549. The molecular formula is C19H12ClN3O. The van der Waals surface area contributed by atoms with Crippen LogP contribution in [-0.4, -0.2) is 21.2 Å². The van der Waals surface area contributed by atoms with Gasteiger partial charge in [0.15, 0.2) is 6.29 Å². The van der Waals surface area contributed by atoms with Gasteiger partial charge in [0.1, 0.15) is 11.3 Å². The number of hydrogen-bond donors (Lipinski definition) is 1. The molecule has 0 atom stereocenters. The Labute approximate surface area is 143 Å². The van der Waals surface area contributed by atoms with E-state index in [0.717, 1.165) is 39.8 Å². The molecular weight excluding hydrogens is 322 g/mol. The zero-order valence-electron chi connectivity index (χ0n) is 12.5. The van der Waals surface area contributed by atoms with Crippen molar-refractivity contribution in [2.75, 3.05) is 0 Å². The van der Waals surface area contributed by atoms with E-state index in [9.17, 15) is 4.79 Å². The van der Waals surface area contributed by atoms with Gasteiger partial charge in [0.25, 0.3) is 0 Å². The zero-order chi connectivity index (χ0) is 16.5. The number of H-pyrrole nitrogens is 1. The smallest absolute Gasteiger partial charge is 0.151 e. The summed E-state index contributed by atoms with van der Waals surface area (Å²) < 4.78 is 0. The molecule has 0 aliphatic carbocycles. The molecule has 4 nitrogen and oxygen atoms in total. The molecule has 0 aliphatic rings. The number of carbonyl (C=O) groups excluding carboxylic acids is 1. The number of benzene rings is 2. The Morgan fingerprint density at radius 3 is 2.62 bits per heavy atom. The number of imidazole rings is 1. The fraction of sp³-hybridized carbons (Fsp3) is 0. The maximum Gasteiger partial charge on any atom is 0.151 e. The molecule has 2 aromatic carbocycles. The Morgan fingerprint density at radius 2 is 1.79 bits per heavy atom. The van der Waals surface area contributed by atoms with Gasteiger partial charge in [-0.1, -0.05) is 35.9 Å². The molecule has 0 saturated carbocycles. The predicted octanol–water partition coefficient (Wildman–Crippen LogP) is 4.76. The summed E-state index contributed by atoms with van der Waals surface area (Å²) in [4.78, 5) is 22.9. The van der Waals surface area contributed by atoms with Crippen molar-refractivity contribution in [1.82, 2.24) is 15.0 Å². The van der Waals surface area contributed by atoms with Crippen molar-refractivity contribution in [2.45, 2.75) is 0 Å². The first-order chi connectivity index (χ1) is 11.7. The number of pyridine rings is 1. The third-order valence-corrected chi connectivity index (χ3v) is 4.13. The maximum atomic E-state index is 10.9. The molecule has 0 aliphatic heterocycles. The molecule has 116 valence electrons. The average Bonchev–Trinajstić information content (AvgIpc) is 3.08. The number of para-hydroxylation sites is 1. The topological polar surface area (TPSA) is 58.6 Å². The number of nitrogens with one attached hydrogen (secondary N) is 1. The van der Waals surface area contributed by atoms with Crippen LogP contribution in [0, 0.1) is 0 Å². The predicted molar refractivity (Wildman–Crippen MR) is 95.2 cm³/mol. The number of aromatic amines is 1. The molecule has 0 fully saturated rings. The van der Waals surface area contributed by atoms with Gasteiger partial charge in [-0.05, 0) is 29.8 Å². The SMILES string of the molecule is O=Cc1cncc(-c2cccc(-c3nc4c(Cl)cccc4[nH]3)c2)c1. The minimum absolute atomic E-state index is 0.549. The van der Waals surface area contributed by atoms with E-state index in [2.05, 4.69) is 15.0 Å². The van der Waals surface area contributed by atoms with Crippen molar-refractivity contribution in [3.05, 3.63) is 71.5 Å². The fourth-order valence-corrected chi connectivity index (χ4v) is 2.88. The summed E-state index contributed by atoms with van der Waals surface area (Å²) in [6.45, 7) is 0. The maximum absolute atomic E-state index is 10.9. The monoisotopic (exact) mass is 333 g/mol. The van der Waals surface area contributed by atoms with E-state index < -0.39 is 0 Å². The fourth-order valence-electron chi connectivity index (χ4n) is 2.66. The highest BCUT2D eigenvalue weighted by Crippen LogP contribution is 2.28. The van der Waals surface area contributed by atoms with Crippen molar-refractivity contribution in [3.8, 4) is 22.5 Å². The van der Waals surface area contributed by atoms with E-state index in [4.69, 9.17) is 11.6 Å². The van der Waals surface area contributed by atoms with E-state index in [0.29, 0.717) is 10.6 Å². The number of aromatic nitrogens is 3. The summed E-state index contributed by atoms with van der Waals surface area (Å²) in [5, 5.41) is 0.619. The lowest BCUT2D eigenvalue weighted by Gasteiger charge is -2.04. The Kier molecular flexibility index (Phi) is 3.59. The standard InChI is InChI=1S/C19H12ClN3O/c20-16-5-2-6-17-18(16)23-19(22-17)14-4-1-3-13(8-14)15-7-12(11-24)9-21-10-15/h1-11H,(H,22,23). The normalized spacial score (nSPS) is 10.9. The average molecular weight is 334 g/mol. The molecule has 4 rings (SSSR count). The minimum Gasteiger partial charge on any atom is -0.338 e. The molecule has 0 saturated heterocycles. The van der Waals surface area contributed by atoms with Gasteiger partial charge in [-0.3, -0.25) is 9.78 Å². The van der Waals surface area contributed by atoms with E-state index in [1.54, 1.807) is 12.4 Å². The van der Waals surface area contributed by atoms with Gasteiger partial charge in [-0.15, -0.1) is 0 Å². The second-order valence-corrected chi connectivity index (χ2v) is 5.83. The number of carbonyl (C=O) groups is 1. The lowest BCUT2D eigenvalue weighted by Crippen LogP contribution is -1.87. The summed E-state index contributed by atoms with van der Waals surface area (Å²) in [5.74, 6) is 0.749. The van der Waals surface area contributed by atoms with Crippen molar-refractivity contribution in [1.29, 1.82) is 0 Å². The molecule has 1 N–H and O–H groups in total. The van der Waals surface area contributed by atoms with Gasteiger partial charge >= 0.3 is 0 Å². The Balaban J connectivity index is 1.81. The summed E-state index contributed by atoms with van der Waals surface area (Å²) in [6, 6.07) is 15.4. The third kappa shape index (κ3) is 2.57. The number of rotatable bonds is 3. The van der Waals surface area contributed by atoms with Crippen LogP contribution < -0.4 is 0 Å². The molecule has 4 aromatic rings. The Hall–Kier alpha value is -2.98. The molecule has 0 bridgehead atoms. The van der Waals surface area contributed by atoms with Crippen LogP contribution in [0.3, 0.4) is 0 Å². The Bertz CT molecular complexity index is 1060. The number of fused-ring (bicyclic) bond motifs is 1. The highest BCUT2D eigenvalue weighted by atomic mass is 35.5. The van der Waals surface area contributed by atoms with Gasteiger partial charge in [0.05, 0.1) is 10.5 Å². The van der Waals surface area contributed by atoms with Crippen molar-refractivity contribution in [3.63, 3.8) is 0 Å². The van der Waals surface area contributed by atoms with Crippen LogP contribution in [0.1, 0.15) is 10.4 Å². The van der Waals surface area contributed by atoms with Crippen LogP contribution in [0.15, 0.2) is 60.9 Å². The molecule has 24 heavy (non-hydrogen) atoms. The van der Waals surface area contributed by atoms with Crippen LogP contribution in [0.5, 0.6) is 0 Å². The van der Waals surface area contributed by atoms with Gasteiger partial charge in [-0.2, -0.15) is 0 Å². The highest BCUT2D eigenvalue weighted by molar-refractivity contribution is 6.35. The summed E-state index contributed by atoms with van der Waals surface area (Å²) in [6.07, 6.45) is 4.07. The van der Waals surface area contributed by atoms with E-state index in [1.807, 2.05) is 48.5 Å². The van der Waals surface area contributed by atoms with E-state index in [-0.39, 0.29) is 0 Å². The van der Waals surface area contributed by atoms with Crippen LogP contribution in [-0.2, 0) is 0 Å². The number of aldehydes is 1. The number of nitrogens with zero attached hydrogens (tertiary/aromatic N) is 2. The van der Waals surface area contributed by atoms with E-state index >= 15 is 0 Å². The summed E-state index contributed by atoms with van der Waals surface area (Å²) in [7, 11) is 0. The van der Waals surface area contributed by atoms with Gasteiger partial charge in [-0.25, -0.2) is 4.98 Å². The van der Waals surface area contributed by atoms with Crippen molar-refractivity contribution in [2.24, 2.45) is 0 Å². The summed E-state index contributed by atoms with van der Waals surface area (Å²) in [5.41, 5.74) is 4.99. The largest absolute Gasteiger partial charge is 0.338 e. The quantitative estimate of drug-likeness (QED) is 0.550. The zero-order valence-corrected chi connectivity index (χ0v) is 13.3. The first kappa shape index (κ1) is 14.6. The molecule has 0 amide bonds. The van der Waals surface area contributed by atoms with Crippen molar-refractivity contribution < 1.29 is 4.79 Å². The molecule has 0 unspecified atom stereocenters. The second kappa shape index (κ2) is 5.91. The highest BCUT2D eigenvalue weighted by Gasteiger charge is 2.09. The molecule has 5 heteroatoms. The molecule has 0 radical (unpaired) electrons. The van der Waals surface area contributed by atoms with Crippen molar-refractivity contribution >= 4 is 28.9 Å². The third-order valence-electron chi connectivity index (χ3n) is 3.83. The first-order valence-corrected chi connectivity index (χ1v) is 7.78. The number of halogens is 1. The lowest BCUT2D eigenvalue weighted by molar-refractivity contribution is 0.112. The van der Waals surface area contributed by atoms with Crippen LogP contribution in [0.2, 0.25) is 5.02 Å². The second-order valence-electron chi connectivity index (χ2n) is 5.43. The van der Waals surface area contributed by atoms with Crippen LogP contribution in [0.4, 0.5) is 0 Å². The molecule has 2 aromatic heterocycles.